The molecular weight excluding hydrogens is 230 g/mol. The SMILES string of the molecule is CC1(C(=O)O)CCCN(c2ccc(C#N)nc2)C1. The van der Waals surface area contributed by atoms with Crippen molar-refractivity contribution in [3.05, 3.63) is 24.0 Å². The van der Waals surface area contributed by atoms with Gasteiger partial charge in [-0.25, -0.2) is 4.98 Å². The average Bonchev–Trinajstić information content (AvgIpc) is 2.39. The number of aromatic nitrogens is 1. The van der Waals surface area contributed by atoms with Crippen LogP contribution in [-0.2, 0) is 4.79 Å². The van der Waals surface area contributed by atoms with Crippen LogP contribution in [0.5, 0.6) is 0 Å². The van der Waals surface area contributed by atoms with Crippen LogP contribution < -0.4 is 4.90 Å². The molecule has 2 rings (SSSR count). The van der Waals surface area contributed by atoms with Gasteiger partial charge in [0, 0.05) is 13.1 Å². The third kappa shape index (κ3) is 2.28. The number of aliphatic carboxylic acids is 1. The highest BCUT2D eigenvalue weighted by molar-refractivity contribution is 5.75. The zero-order chi connectivity index (χ0) is 13.2. The zero-order valence-corrected chi connectivity index (χ0v) is 10.3. The lowest BCUT2D eigenvalue weighted by Crippen LogP contribution is -2.46. The van der Waals surface area contributed by atoms with Gasteiger partial charge in [0.25, 0.3) is 0 Å². The zero-order valence-electron chi connectivity index (χ0n) is 10.3. The highest BCUT2D eigenvalue weighted by Crippen LogP contribution is 2.32. The van der Waals surface area contributed by atoms with Gasteiger partial charge in [0.2, 0.25) is 0 Å². The van der Waals surface area contributed by atoms with Gasteiger partial charge in [-0.2, -0.15) is 5.26 Å². The number of nitriles is 1. The number of hydrogen-bond donors (Lipinski definition) is 1. The van der Waals surface area contributed by atoms with Crippen LogP contribution in [0.15, 0.2) is 18.3 Å². The predicted octanol–water partition coefficient (Wildman–Crippen LogP) is 1.64. The van der Waals surface area contributed by atoms with Crippen molar-refractivity contribution in [1.29, 1.82) is 5.26 Å². The number of carboxylic acid groups (broad SMARTS) is 1. The van der Waals surface area contributed by atoms with Crippen LogP contribution in [0.3, 0.4) is 0 Å². The molecule has 0 saturated carbocycles. The number of carboxylic acids is 1. The molecule has 1 aliphatic rings. The molecule has 1 aromatic rings. The van der Waals surface area contributed by atoms with Crippen molar-refractivity contribution in [1.82, 2.24) is 4.98 Å². The highest BCUT2D eigenvalue weighted by Gasteiger charge is 2.37. The number of piperidine rings is 1. The van der Waals surface area contributed by atoms with E-state index in [1.807, 2.05) is 17.0 Å². The van der Waals surface area contributed by atoms with Crippen LogP contribution >= 0.6 is 0 Å². The largest absolute Gasteiger partial charge is 0.481 e. The van der Waals surface area contributed by atoms with Crippen LogP contribution in [-0.4, -0.2) is 29.1 Å². The summed E-state index contributed by atoms with van der Waals surface area (Å²) in [5.74, 6) is -0.756. The number of hydrogen-bond acceptors (Lipinski definition) is 4. The van der Waals surface area contributed by atoms with Gasteiger partial charge >= 0.3 is 5.97 Å². The molecule has 1 aliphatic heterocycles. The molecule has 0 radical (unpaired) electrons. The van der Waals surface area contributed by atoms with Crippen molar-refractivity contribution in [2.75, 3.05) is 18.0 Å². The van der Waals surface area contributed by atoms with Crippen LogP contribution in [0.25, 0.3) is 0 Å². The van der Waals surface area contributed by atoms with Gasteiger partial charge in [-0.3, -0.25) is 4.79 Å². The summed E-state index contributed by atoms with van der Waals surface area (Å²) in [6.07, 6.45) is 3.18. The van der Waals surface area contributed by atoms with Gasteiger partial charge in [-0.05, 0) is 31.9 Å². The van der Waals surface area contributed by atoms with E-state index in [1.165, 1.54) is 0 Å². The second kappa shape index (κ2) is 4.65. The van der Waals surface area contributed by atoms with E-state index in [9.17, 15) is 9.90 Å². The molecule has 1 fully saturated rings. The van der Waals surface area contributed by atoms with E-state index in [2.05, 4.69) is 4.98 Å². The molecule has 0 bridgehead atoms. The summed E-state index contributed by atoms with van der Waals surface area (Å²) in [7, 11) is 0. The van der Waals surface area contributed by atoms with Crippen LogP contribution in [0.1, 0.15) is 25.5 Å². The second-order valence-corrected chi connectivity index (χ2v) is 4.90. The molecule has 1 aromatic heterocycles. The van der Waals surface area contributed by atoms with Gasteiger partial charge in [0.05, 0.1) is 17.3 Å². The lowest BCUT2D eigenvalue weighted by Gasteiger charge is -2.38. The topological polar surface area (TPSA) is 77.2 Å². The first-order chi connectivity index (χ1) is 8.55. The van der Waals surface area contributed by atoms with E-state index in [0.29, 0.717) is 18.7 Å². The summed E-state index contributed by atoms with van der Waals surface area (Å²) >= 11 is 0. The molecule has 5 heteroatoms. The summed E-state index contributed by atoms with van der Waals surface area (Å²) in [5, 5.41) is 17.9. The summed E-state index contributed by atoms with van der Waals surface area (Å²) in [4.78, 5) is 17.3. The quantitative estimate of drug-likeness (QED) is 0.857. The second-order valence-electron chi connectivity index (χ2n) is 4.90. The Morgan fingerprint density at radius 3 is 2.94 bits per heavy atom. The minimum Gasteiger partial charge on any atom is -0.481 e. The van der Waals surface area contributed by atoms with Gasteiger partial charge in [0.1, 0.15) is 11.8 Å². The number of anilines is 1. The predicted molar refractivity (Wildman–Crippen MR) is 66.1 cm³/mol. The lowest BCUT2D eigenvalue weighted by molar-refractivity contribution is -0.148. The lowest BCUT2D eigenvalue weighted by atomic mass is 9.82. The molecule has 0 spiro atoms. The molecule has 5 nitrogen and oxygen atoms in total. The third-order valence-electron chi connectivity index (χ3n) is 3.44. The Morgan fingerprint density at radius 2 is 2.39 bits per heavy atom. The van der Waals surface area contributed by atoms with Gasteiger partial charge in [-0.1, -0.05) is 0 Å². The van der Waals surface area contributed by atoms with Crippen LogP contribution in [0, 0.1) is 16.7 Å². The summed E-state index contributed by atoms with van der Waals surface area (Å²) in [5.41, 5.74) is 0.546. The molecule has 1 unspecified atom stereocenters. The van der Waals surface area contributed by atoms with Crippen LogP contribution in [0.2, 0.25) is 0 Å². The summed E-state index contributed by atoms with van der Waals surface area (Å²) < 4.78 is 0. The maximum Gasteiger partial charge on any atom is 0.311 e. The molecule has 1 atom stereocenters. The fourth-order valence-electron chi connectivity index (χ4n) is 2.27. The Balaban J connectivity index is 2.18. The molecule has 94 valence electrons. The molecule has 0 amide bonds. The number of nitrogens with zero attached hydrogens (tertiary/aromatic N) is 3. The first-order valence-corrected chi connectivity index (χ1v) is 5.90. The van der Waals surface area contributed by atoms with E-state index in [0.717, 1.165) is 18.7 Å². The van der Waals surface area contributed by atoms with Gasteiger partial charge in [0.15, 0.2) is 0 Å². The van der Waals surface area contributed by atoms with E-state index >= 15 is 0 Å². The third-order valence-corrected chi connectivity index (χ3v) is 3.44. The number of carbonyl (C=O) groups is 1. The van der Waals surface area contributed by atoms with Crippen molar-refractivity contribution in [3.8, 4) is 6.07 Å². The minimum absolute atomic E-state index is 0.372. The monoisotopic (exact) mass is 245 g/mol. The minimum atomic E-state index is -0.756. The maximum atomic E-state index is 11.3. The fraction of sp³-hybridized carbons (Fsp3) is 0.462. The molecule has 2 heterocycles. The van der Waals surface area contributed by atoms with E-state index < -0.39 is 11.4 Å². The van der Waals surface area contributed by atoms with E-state index in [-0.39, 0.29) is 0 Å². The first-order valence-electron chi connectivity index (χ1n) is 5.90. The molecule has 0 aliphatic carbocycles. The smallest absolute Gasteiger partial charge is 0.311 e. The molecule has 1 N–H and O–H groups in total. The Kier molecular flexibility index (Phi) is 3.19. The van der Waals surface area contributed by atoms with E-state index in [4.69, 9.17) is 5.26 Å². The summed E-state index contributed by atoms with van der Waals surface area (Å²) in [6.45, 7) is 3.09. The number of pyridine rings is 1. The average molecular weight is 245 g/mol. The fourth-order valence-corrected chi connectivity index (χ4v) is 2.27. The molecule has 0 aromatic carbocycles. The van der Waals surface area contributed by atoms with Crippen molar-refractivity contribution >= 4 is 11.7 Å². The maximum absolute atomic E-state index is 11.3. The van der Waals surface area contributed by atoms with Crippen molar-refractivity contribution in [2.24, 2.45) is 5.41 Å². The Labute approximate surface area is 106 Å². The molecule has 1 saturated heterocycles. The highest BCUT2D eigenvalue weighted by atomic mass is 16.4. The van der Waals surface area contributed by atoms with Crippen molar-refractivity contribution in [3.63, 3.8) is 0 Å². The van der Waals surface area contributed by atoms with Crippen LogP contribution in [0.4, 0.5) is 5.69 Å². The van der Waals surface area contributed by atoms with Crippen molar-refractivity contribution < 1.29 is 9.90 Å². The molecular formula is C13H15N3O2. The standard InChI is InChI=1S/C13H15N3O2/c1-13(12(17)18)5-2-6-16(9-13)11-4-3-10(7-14)15-8-11/h3-4,8H,2,5-6,9H2,1H3,(H,17,18). The van der Waals surface area contributed by atoms with E-state index in [1.54, 1.807) is 19.2 Å². The Morgan fingerprint density at radius 1 is 1.61 bits per heavy atom. The normalized spacial score (nSPS) is 23.4. The first kappa shape index (κ1) is 12.4. The van der Waals surface area contributed by atoms with Gasteiger partial charge in [-0.15, -0.1) is 0 Å². The Hall–Kier alpha value is -2.09. The molecule has 18 heavy (non-hydrogen) atoms. The van der Waals surface area contributed by atoms with Gasteiger partial charge < -0.3 is 10.0 Å². The number of rotatable bonds is 2. The summed E-state index contributed by atoms with van der Waals surface area (Å²) in [6, 6.07) is 5.44. The Bertz CT molecular complexity index is 492. The van der Waals surface area contributed by atoms with Crippen molar-refractivity contribution in [2.45, 2.75) is 19.8 Å².